The van der Waals surface area contributed by atoms with Crippen LogP contribution in [0.1, 0.15) is 70.0 Å². The van der Waals surface area contributed by atoms with Gasteiger partial charge in [-0.15, -0.1) is 5.10 Å². The van der Waals surface area contributed by atoms with Crippen LogP contribution in [-0.4, -0.2) is 71.0 Å². The van der Waals surface area contributed by atoms with Crippen molar-refractivity contribution < 1.29 is 52.0 Å². The van der Waals surface area contributed by atoms with E-state index < -0.39 is 67.0 Å². The molecule has 0 unspecified atom stereocenters. The molecule has 1 saturated heterocycles. The molecule has 0 N–H and O–H groups in total. The third-order valence-electron chi connectivity index (χ3n) is 6.48. The summed E-state index contributed by atoms with van der Waals surface area (Å²) in [5.74, 6) is -3.26. The van der Waals surface area contributed by atoms with Crippen LogP contribution in [0, 0.1) is 19.7 Å². The Balaban J connectivity index is 2.10. The Morgan fingerprint density at radius 3 is 2.07 bits per heavy atom. The van der Waals surface area contributed by atoms with Crippen molar-refractivity contribution >= 4 is 23.9 Å². The van der Waals surface area contributed by atoms with Gasteiger partial charge < -0.3 is 28.4 Å². The third-order valence-corrected chi connectivity index (χ3v) is 6.48. The summed E-state index contributed by atoms with van der Waals surface area (Å²) in [6.07, 6.45) is -6.71. The van der Waals surface area contributed by atoms with E-state index in [9.17, 15) is 23.6 Å². The van der Waals surface area contributed by atoms with Gasteiger partial charge in [-0.1, -0.05) is 12.1 Å². The lowest BCUT2D eigenvalue weighted by Crippen LogP contribution is -2.63. The van der Waals surface area contributed by atoms with Gasteiger partial charge in [-0.25, -0.2) is 4.39 Å². The highest BCUT2D eigenvalue weighted by Crippen LogP contribution is 2.34. The number of benzene rings is 1. The summed E-state index contributed by atoms with van der Waals surface area (Å²) in [6.45, 7) is 11.6. The number of aryl methyl sites for hydroxylation is 1. The molecule has 1 aromatic heterocycles. The minimum absolute atomic E-state index is 0.0575. The maximum absolute atomic E-state index is 14.9. The van der Waals surface area contributed by atoms with Gasteiger partial charge in [-0.3, -0.25) is 23.9 Å². The van der Waals surface area contributed by atoms with Gasteiger partial charge in [0, 0.05) is 51.4 Å². The van der Waals surface area contributed by atoms with Crippen LogP contribution in [0.5, 0.6) is 5.88 Å². The van der Waals surface area contributed by atoms with Crippen molar-refractivity contribution in [2.24, 2.45) is 0 Å². The van der Waals surface area contributed by atoms with E-state index in [0.29, 0.717) is 16.8 Å². The van der Waals surface area contributed by atoms with Crippen molar-refractivity contribution in [3.8, 4) is 5.88 Å². The number of carbonyl (C=O) groups is 4. The number of nitrogens with zero attached hydrogens (tertiary/aromatic N) is 2. The van der Waals surface area contributed by atoms with Gasteiger partial charge >= 0.3 is 23.9 Å². The summed E-state index contributed by atoms with van der Waals surface area (Å²) >= 11 is 0. The molecule has 0 bridgehead atoms. The molecule has 1 aliphatic heterocycles. The van der Waals surface area contributed by atoms with E-state index in [1.807, 2.05) is 20.8 Å². The second-order valence-electron chi connectivity index (χ2n) is 10.4. The lowest BCUT2D eigenvalue weighted by atomic mass is 9.98. The first-order valence-electron chi connectivity index (χ1n) is 13.5. The molecular formula is C29H37FN2O10. The maximum Gasteiger partial charge on any atom is 0.303 e. The van der Waals surface area contributed by atoms with Gasteiger partial charge in [0.1, 0.15) is 18.5 Å². The average Bonchev–Trinajstić information content (AvgIpc) is 3.17. The second kappa shape index (κ2) is 13.8. The normalized spacial score (nSPS) is 21.9. The van der Waals surface area contributed by atoms with E-state index in [1.54, 1.807) is 23.7 Å². The fourth-order valence-electron chi connectivity index (χ4n) is 4.71. The largest absolute Gasteiger partial charge is 0.463 e. The topological polar surface area (TPSA) is 141 Å². The maximum atomic E-state index is 14.9. The van der Waals surface area contributed by atoms with Gasteiger partial charge in [0.05, 0.1) is 0 Å². The predicted octanol–water partition coefficient (Wildman–Crippen LogP) is 3.27. The average molecular weight is 593 g/mol. The number of hydrogen-bond acceptors (Lipinski definition) is 11. The summed E-state index contributed by atoms with van der Waals surface area (Å²) in [5.41, 5.74) is 2.41. The molecule has 3 rings (SSSR count). The van der Waals surface area contributed by atoms with Crippen molar-refractivity contribution in [1.82, 2.24) is 9.78 Å². The molecule has 2 heterocycles. The van der Waals surface area contributed by atoms with Crippen LogP contribution in [-0.2, 0) is 49.3 Å². The van der Waals surface area contributed by atoms with Gasteiger partial charge in [0.2, 0.25) is 18.3 Å². The minimum Gasteiger partial charge on any atom is -0.463 e. The first-order valence-corrected chi connectivity index (χ1v) is 13.5. The van der Waals surface area contributed by atoms with Crippen LogP contribution in [0.2, 0.25) is 0 Å². The Morgan fingerprint density at radius 2 is 1.52 bits per heavy atom. The Bertz CT molecular complexity index is 1320. The summed E-state index contributed by atoms with van der Waals surface area (Å²) in [4.78, 5) is 47.9. The first kappa shape index (κ1) is 32.5. The molecule has 5 atom stereocenters. The molecule has 0 spiro atoms. The van der Waals surface area contributed by atoms with Crippen LogP contribution in [0.3, 0.4) is 0 Å². The van der Waals surface area contributed by atoms with Crippen LogP contribution in [0.4, 0.5) is 4.39 Å². The lowest BCUT2D eigenvalue weighted by Gasteiger charge is -2.43. The van der Waals surface area contributed by atoms with E-state index in [2.05, 4.69) is 5.10 Å². The molecule has 42 heavy (non-hydrogen) atoms. The molecule has 13 heteroatoms. The molecule has 0 amide bonds. The summed E-state index contributed by atoms with van der Waals surface area (Å²) in [6, 6.07) is 4.80. The number of ether oxygens (including phenoxy) is 6. The van der Waals surface area contributed by atoms with E-state index >= 15 is 0 Å². The molecule has 1 fully saturated rings. The van der Waals surface area contributed by atoms with E-state index in [4.69, 9.17) is 28.4 Å². The zero-order valence-electron chi connectivity index (χ0n) is 25.0. The van der Waals surface area contributed by atoms with Crippen molar-refractivity contribution in [1.29, 1.82) is 0 Å². The lowest BCUT2D eigenvalue weighted by molar-refractivity contribution is -0.289. The van der Waals surface area contributed by atoms with Gasteiger partial charge in [0.15, 0.2) is 12.2 Å². The fourth-order valence-corrected chi connectivity index (χ4v) is 4.71. The SMILES string of the molecule is CC(=O)OC[C@H]1O[C@@H](Oc2nn(C(C)C)c(C)c2Cc2ccc(C)cc2F)[C@H](OC(C)=O)[C@@H](OC(C)=O)[C@@H]1OC(C)=O. The van der Waals surface area contributed by atoms with Crippen LogP contribution in [0.25, 0.3) is 0 Å². The highest BCUT2D eigenvalue weighted by Gasteiger charge is 2.53. The smallest absolute Gasteiger partial charge is 0.303 e. The Hall–Kier alpha value is -4.00. The summed E-state index contributed by atoms with van der Waals surface area (Å²) in [7, 11) is 0. The van der Waals surface area contributed by atoms with Crippen molar-refractivity contribution in [3.63, 3.8) is 0 Å². The van der Waals surface area contributed by atoms with Gasteiger partial charge in [0.25, 0.3) is 0 Å². The first-order chi connectivity index (χ1) is 19.7. The van der Waals surface area contributed by atoms with Crippen LogP contribution >= 0.6 is 0 Å². The number of carbonyl (C=O) groups excluding carboxylic acids is 4. The van der Waals surface area contributed by atoms with E-state index in [0.717, 1.165) is 26.3 Å². The third kappa shape index (κ3) is 8.05. The Kier molecular flexibility index (Phi) is 10.7. The second-order valence-corrected chi connectivity index (χ2v) is 10.4. The minimum atomic E-state index is -1.47. The van der Waals surface area contributed by atoms with Gasteiger partial charge in [-0.05, 0) is 44.9 Å². The molecule has 1 aromatic carbocycles. The van der Waals surface area contributed by atoms with Crippen molar-refractivity contribution in [3.05, 3.63) is 46.4 Å². The summed E-state index contributed by atoms with van der Waals surface area (Å²) in [5, 5.41) is 4.59. The number of aromatic nitrogens is 2. The fraction of sp³-hybridized carbons (Fsp3) is 0.552. The van der Waals surface area contributed by atoms with Crippen molar-refractivity contribution in [2.45, 2.75) is 98.6 Å². The number of hydrogen-bond donors (Lipinski definition) is 0. The molecular weight excluding hydrogens is 555 g/mol. The molecule has 12 nitrogen and oxygen atoms in total. The van der Waals surface area contributed by atoms with Crippen LogP contribution < -0.4 is 4.74 Å². The molecule has 0 radical (unpaired) electrons. The molecule has 1 aliphatic rings. The standard InChI is InChI=1S/C29H37FN2O10/c1-14(2)32-16(4)22(12-21-10-9-15(3)11-23(21)30)28(31-32)42-29-27(40-20(8)36)26(39-19(7)35)25(38-18(6)34)24(41-29)13-37-17(5)33/h9-11,14,24-27,29H,12-13H2,1-8H3/t24-,25-,26+,27-,29+/m1/s1. The number of halogens is 1. The highest BCUT2D eigenvalue weighted by atomic mass is 19.1. The molecule has 0 aliphatic carbocycles. The van der Waals surface area contributed by atoms with E-state index in [1.165, 1.54) is 13.0 Å². The molecule has 0 saturated carbocycles. The number of rotatable bonds is 10. The van der Waals surface area contributed by atoms with Crippen LogP contribution in [0.15, 0.2) is 18.2 Å². The number of esters is 4. The summed E-state index contributed by atoms with van der Waals surface area (Å²) < 4.78 is 50.3. The Labute approximate surface area is 243 Å². The molecule has 2 aromatic rings. The molecule has 230 valence electrons. The van der Waals surface area contributed by atoms with Gasteiger partial charge in [-0.2, -0.15) is 0 Å². The monoisotopic (exact) mass is 592 g/mol. The zero-order chi connectivity index (χ0) is 31.3. The Morgan fingerprint density at radius 1 is 0.929 bits per heavy atom. The van der Waals surface area contributed by atoms with Crippen molar-refractivity contribution in [2.75, 3.05) is 6.61 Å². The predicted molar refractivity (Wildman–Crippen MR) is 144 cm³/mol. The zero-order valence-corrected chi connectivity index (χ0v) is 25.0. The quantitative estimate of drug-likeness (QED) is 0.296. The van der Waals surface area contributed by atoms with E-state index in [-0.39, 0.29) is 18.3 Å². The highest BCUT2D eigenvalue weighted by molar-refractivity contribution is 5.68.